The van der Waals surface area contributed by atoms with Gasteiger partial charge in [0.25, 0.3) is 11.8 Å². The number of nitrogens with zero attached hydrogens (tertiary/aromatic N) is 3. The van der Waals surface area contributed by atoms with Gasteiger partial charge in [-0.15, -0.1) is 0 Å². The normalized spacial score (nSPS) is 27.7. The molecule has 106 valence electrons. The zero-order valence-electron chi connectivity index (χ0n) is 9.91. The van der Waals surface area contributed by atoms with Crippen molar-refractivity contribution in [1.82, 2.24) is 0 Å². The molecule has 0 fully saturated rings. The van der Waals surface area contributed by atoms with Crippen molar-refractivity contribution in [1.29, 1.82) is 0 Å². The molecule has 0 N–H and O–H groups in total. The monoisotopic (exact) mass is 397 g/mol. The van der Waals surface area contributed by atoms with Crippen LogP contribution in [0.2, 0.25) is 0 Å². The number of hydrogen-bond donors (Lipinski definition) is 0. The second-order valence-corrected chi connectivity index (χ2v) is 16.8. The molecule has 1 atom stereocenters. The lowest BCUT2D eigenvalue weighted by Gasteiger charge is -2.24. The van der Waals surface area contributed by atoms with Crippen molar-refractivity contribution in [2.75, 3.05) is 13.8 Å². The van der Waals surface area contributed by atoms with Crippen LogP contribution in [0.3, 0.4) is 0 Å². The largest absolute Gasteiger partial charge is 0.497 e. The summed E-state index contributed by atoms with van der Waals surface area (Å²) in [5.74, 6) is -5.05. The van der Waals surface area contributed by atoms with Gasteiger partial charge in [0.1, 0.15) is 13.0 Å². The van der Waals surface area contributed by atoms with E-state index in [9.17, 15) is 0 Å². The van der Waals surface area contributed by atoms with E-state index < -0.39 is 19.0 Å². The van der Waals surface area contributed by atoms with E-state index in [1.54, 1.807) is 7.11 Å². The summed E-state index contributed by atoms with van der Waals surface area (Å²) in [6, 6.07) is 7.41. The van der Waals surface area contributed by atoms with Crippen molar-refractivity contribution in [3.8, 4) is 5.75 Å². The second kappa shape index (κ2) is 5.58. The molecule has 2 rings (SSSR count). The van der Waals surface area contributed by atoms with Crippen molar-refractivity contribution in [2.24, 2.45) is 13.5 Å². The zero-order chi connectivity index (χ0) is 14.3. The Hall–Kier alpha value is 0.870. The number of ether oxygens (including phenoxy) is 1. The Morgan fingerprint density at radius 3 is 2.21 bits per heavy atom. The third kappa shape index (κ3) is 3.95. The second-order valence-electron chi connectivity index (χ2n) is 3.79. The van der Waals surface area contributed by atoms with Crippen LogP contribution in [0.15, 0.2) is 37.8 Å². The Kier molecular flexibility index (Phi) is 4.77. The summed E-state index contributed by atoms with van der Waals surface area (Å²) < 4.78 is 18.0. The molecule has 1 aliphatic rings. The van der Waals surface area contributed by atoms with Gasteiger partial charge in [-0.3, -0.25) is 0 Å². The maximum Gasteiger partial charge on any atom is 0.255 e. The van der Waals surface area contributed by atoms with E-state index in [1.807, 2.05) is 30.9 Å². The van der Waals surface area contributed by atoms with Crippen LogP contribution in [0.25, 0.3) is 0 Å². The molecule has 11 heteroatoms. The van der Waals surface area contributed by atoms with Gasteiger partial charge in [0.2, 0.25) is 0 Å². The standard InChI is InChI=1S/C8H10Cl4N3OP3/c1-16-7-4-3-5-8(6-7)17(2)13-18(9,10)15-19(11,12)14-17/h3-6H,1-2H3. The number of rotatable bonds is 2. The highest BCUT2D eigenvalue weighted by atomic mass is 35.9. The van der Waals surface area contributed by atoms with Gasteiger partial charge in [-0.1, -0.05) is 12.1 Å². The van der Waals surface area contributed by atoms with Gasteiger partial charge in [0, 0.05) is 5.30 Å². The number of halogens is 4. The van der Waals surface area contributed by atoms with Crippen molar-refractivity contribution in [3.63, 3.8) is 0 Å². The number of benzene rings is 1. The molecule has 4 nitrogen and oxygen atoms in total. The maximum atomic E-state index is 6.10. The van der Waals surface area contributed by atoms with Crippen molar-refractivity contribution in [3.05, 3.63) is 24.3 Å². The molecule has 0 spiro atoms. The predicted molar refractivity (Wildman–Crippen MR) is 90.0 cm³/mol. The summed E-state index contributed by atoms with van der Waals surface area (Å²) in [4.78, 5) is 0. The highest BCUT2D eigenvalue weighted by Crippen LogP contribution is 2.84. The van der Waals surface area contributed by atoms with E-state index in [-0.39, 0.29) is 0 Å². The molecule has 0 aliphatic carbocycles. The Balaban J connectivity index is 2.70. The maximum absolute atomic E-state index is 6.10. The Morgan fingerprint density at radius 1 is 1.00 bits per heavy atom. The van der Waals surface area contributed by atoms with Crippen LogP contribution < -0.4 is 10.0 Å². The first-order valence-corrected chi connectivity index (χ1v) is 14.1. The topological polar surface area (TPSA) is 46.3 Å². The highest BCUT2D eigenvalue weighted by molar-refractivity contribution is 8.21. The van der Waals surface area contributed by atoms with Crippen LogP contribution in [0.4, 0.5) is 0 Å². The van der Waals surface area contributed by atoms with Gasteiger partial charge in [-0.25, -0.2) is 9.03 Å². The van der Waals surface area contributed by atoms with Gasteiger partial charge in [-0.2, -0.15) is 4.52 Å². The molecule has 1 heterocycles. The third-order valence-electron chi connectivity index (χ3n) is 2.32. The van der Waals surface area contributed by atoms with Gasteiger partial charge >= 0.3 is 0 Å². The van der Waals surface area contributed by atoms with Gasteiger partial charge in [-0.05, 0) is 63.8 Å². The SMILES string of the molecule is COc1cccc(P2(C)=NP(Cl)(Cl)=NP(Cl)(Cl)=N2)c1. The van der Waals surface area contributed by atoms with Crippen LogP contribution >= 0.6 is 64.0 Å². The van der Waals surface area contributed by atoms with Gasteiger partial charge in [0.05, 0.1) is 7.11 Å². The first-order chi connectivity index (χ1) is 8.66. The van der Waals surface area contributed by atoms with E-state index in [1.165, 1.54) is 0 Å². The van der Waals surface area contributed by atoms with Crippen LogP contribution in [-0.4, -0.2) is 13.8 Å². The van der Waals surface area contributed by atoms with Crippen molar-refractivity contribution >= 4 is 69.3 Å². The molecule has 1 aliphatic heterocycles. The smallest absolute Gasteiger partial charge is 0.255 e. The molecule has 0 bridgehead atoms. The lowest BCUT2D eigenvalue weighted by molar-refractivity contribution is 0.415. The molecule has 19 heavy (non-hydrogen) atoms. The van der Waals surface area contributed by atoms with Crippen LogP contribution in [0.1, 0.15) is 0 Å². The average molecular weight is 399 g/mol. The number of methoxy groups -OCH3 is 1. The van der Waals surface area contributed by atoms with Crippen LogP contribution in [0, 0.1) is 0 Å². The summed E-state index contributed by atoms with van der Waals surface area (Å²) in [5, 5.41) is 0.859. The van der Waals surface area contributed by atoms with Gasteiger partial charge < -0.3 is 4.74 Å². The minimum atomic E-state index is -2.87. The van der Waals surface area contributed by atoms with Crippen molar-refractivity contribution < 1.29 is 4.74 Å². The summed E-state index contributed by atoms with van der Waals surface area (Å²) >= 11 is 24.4. The lowest BCUT2D eigenvalue weighted by Crippen LogP contribution is -2.03. The quantitative estimate of drug-likeness (QED) is 0.498. The van der Waals surface area contributed by atoms with E-state index in [0.717, 1.165) is 5.30 Å². The fraction of sp³-hybridized carbons (Fsp3) is 0.250. The number of hydrogen-bond acceptors (Lipinski definition) is 4. The molecule has 0 radical (unpaired) electrons. The fourth-order valence-electron chi connectivity index (χ4n) is 1.58. The van der Waals surface area contributed by atoms with E-state index >= 15 is 0 Å². The predicted octanol–water partition coefficient (Wildman–Crippen LogP) is 6.93. The zero-order valence-corrected chi connectivity index (χ0v) is 15.6. The molecule has 1 unspecified atom stereocenters. The Bertz CT molecular complexity index is 670. The summed E-state index contributed by atoms with van der Waals surface area (Å²) in [5.41, 5.74) is 0. The van der Waals surface area contributed by atoms with Gasteiger partial charge in [0.15, 0.2) is 0 Å². The molecule has 1 aromatic rings. The van der Waals surface area contributed by atoms with Crippen LogP contribution in [0.5, 0.6) is 5.75 Å². The molecule has 0 saturated carbocycles. The Morgan fingerprint density at radius 2 is 1.63 bits per heavy atom. The summed E-state index contributed by atoms with van der Waals surface area (Å²) in [7, 11) is -0.763. The molecular weight excluding hydrogens is 389 g/mol. The minimum Gasteiger partial charge on any atom is -0.497 e. The summed E-state index contributed by atoms with van der Waals surface area (Å²) in [6.07, 6.45) is 0. The minimum absolute atomic E-state index is 0.702. The van der Waals surface area contributed by atoms with Crippen molar-refractivity contribution in [2.45, 2.75) is 0 Å². The molecule has 1 aromatic carbocycles. The first kappa shape index (κ1) is 16.2. The third-order valence-corrected chi connectivity index (χ3v) is 14.7. The molecular formula is C8H10Cl4N3OP3. The highest BCUT2D eigenvalue weighted by Gasteiger charge is 2.31. The Labute approximate surface area is 131 Å². The fourth-order valence-corrected chi connectivity index (χ4v) is 18.4. The van der Waals surface area contributed by atoms with Crippen LogP contribution in [-0.2, 0) is 0 Å². The average Bonchev–Trinajstić information content (AvgIpc) is 2.24. The first-order valence-electron chi connectivity index (χ1n) is 4.98. The molecule has 0 aromatic heterocycles. The lowest BCUT2D eigenvalue weighted by atomic mass is 10.3. The summed E-state index contributed by atoms with van der Waals surface area (Å²) in [6.45, 7) is 1.86. The van der Waals surface area contributed by atoms with E-state index in [4.69, 9.17) is 49.7 Å². The molecule has 0 saturated heterocycles. The molecule has 0 amide bonds. The van der Waals surface area contributed by atoms with E-state index in [0.29, 0.717) is 5.75 Å². The van der Waals surface area contributed by atoms with E-state index in [2.05, 4.69) is 13.5 Å².